The van der Waals surface area contributed by atoms with Gasteiger partial charge in [0.05, 0.1) is 4.92 Å². The molecule has 0 spiro atoms. The van der Waals surface area contributed by atoms with Crippen molar-refractivity contribution >= 4 is 39.6 Å². The summed E-state index contributed by atoms with van der Waals surface area (Å²) in [5.41, 5.74) is 1.75. The van der Waals surface area contributed by atoms with Gasteiger partial charge in [-0.1, -0.05) is 34.1 Å². The van der Waals surface area contributed by atoms with Gasteiger partial charge in [-0.2, -0.15) is 0 Å². The number of halogens is 1. The average molecular weight is 453 g/mol. The number of hydrogen-bond donors (Lipinski definition) is 0. The molecular weight excluding hydrogens is 440 g/mol. The number of carbonyl (C=O) groups excluding carboxylic acids is 1. The summed E-state index contributed by atoms with van der Waals surface area (Å²) in [5, 5.41) is 11.1. The van der Waals surface area contributed by atoms with Crippen LogP contribution in [-0.4, -0.2) is 16.8 Å². The van der Waals surface area contributed by atoms with Gasteiger partial charge in [0.25, 0.3) is 5.69 Å². The Hall–Kier alpha value is -3.52. The van der Waals surface area contributed by atoms with Crippen LogP contribution in [0.25, 0.3) is 17.4 Å². The molecule has 0 N–H and O–H groups in total. The van der Waals surface area contributed by atoms with Crippen molar-refractivity contribution in [2.45, 2.75) is 6.92 Å². The van der Waals surface area contributed by atoms with Gasteiger partial charge in [0.15, 0.2) is 5.70 Å². The van der Waals surface area contributed by atoms with E-state index in [1.54, 1.807) is 31.2 Å². The Balaban J connectivity index is 1.63. The number of aryl methyl sites for hydroxylation is 1. The van der Waals surface area contributed by atoms with Crippen molar-refractivity contribution in [3.8, 4) is 11.3 Å². The number of esters is 1. The zero-order chi connectivity index (χ0) is 20.5. The van der Waals surface area contributed by atoms with Crippen molar-refractivity contribution in [1.82, 2.24) is 0 Å². The lowest BCUT2D eigenvalue weighted by Gasteiger charge is -2.01. The van der Waals surface area contributed by atoms with Crippen LogP contribution in [0.3, 0.4) is 0 Å². The van der Waals surface area contributed by atoms with E-state index >= 15 is 0 Å². The smallest absolute Gasteiger partial charge is 0.363 e. The summed E-state index contributed by atoms with van der Waals surface area (Å²) in [6.07, 6.45) is 1.47. The number of hydrogen-bond acceptors (Lipinski definition) is 6. The maximum absolute atomic E-state index is 12.2. The van der Waals surface area contributed by atoms with Crippen LogP contribution in [0.2, 0.25) is 0 Å². The van der Waals surface area contributed by atoms with Gasteiger partial charge in [0.2, 0.25) is 5.90 Å². The largest absolute Gasteiger partial charge is 0.457 e. The summed E-state index contributed by atoms with van der Waals surface area (Å²) in [5.74, 6) is 0.456. The molecule has 144 valence electrons. The van der Waals surface area contributed by atoms with Crippen LogP contribution in [0.4, 0.5) is 5.69 Å². The molecule has 0 saturated heterocycles. The molecule has 1 aliphatic heterocycles. The molecule has 0 amide bonds. The van der Waals surface area contributed by atoms with Crippen molar-refractivity contribution in [2.24, 2.45) is 4.99 Å². The molecular formula is C21H13BrN2O5. The van der Waals surface area contributed by atoms with Crippen LogP contribution in [0.1, 0.15) is 16.9 Å². The molecule has 1 aliphatic rings. The van der Waals surface area contributed by atoms with Gasteiger partial charge in [-0.3, -0.25) is 10.1 Å². The van der Waals surface area contributed by atoms with E-state index in [0.717, 1.165) is 10.0 Å². The predicted molar refractivity (Wildman–Crippen MR) is 110 cm³/mol. The minimum atomic E-state index is -0.648. The minimum absolute atomic E-state index is 0.0176. The van der Waals surface area contributed by atoms with Crippen LogP contribution >= 0.6 is 15.9 Å². The lowest BCUT2D eigenvalue weighted by molar-refractivity contribution is -0.385. The van der Waals surface area contributed by atoms with Crippen molar-refractivity contribution < 1.29 is 18.9 Å². The number of nitrogens with zero attached hydrogens (tertiary/aromatic N) is 2. The van der Waals surface area contributed by atoms with Gasteiger partial charge in [0.1, 0.15) is 11.5 Å². The van der Waals surface area contributed by atoms with Crippen LogP contribution in [0.5, 0.6) is 0 Å². The zero-order valence-corrected chi connectivity index (χ0v) is 16.7. The minimum Gasteiger partial charge on any atom is -0.457 e. The second-order valence-electron chi connectivity index (χ2n) is 6.30. The van der Waals surface area contributed by atoms with Gasteiger partial charge >= 0.3 is 5.97 Å². The first-order valence-corrected chi connectivity index (χ1v) is 9.34. The third-order valence-corrected chi connectivity index (χ3v) is 4.84. The van der Waals surface area contributed by atoms with Crippen LogP contribution in [0, 0.1) is 17.0 Å². The number of nitro benzene ring substituents is 1. The molecule has 0 atom stereocenters. The highest BCUT2D eigenvalue weighted by Gasteiger charge is 2.26. The Morgan fingerprint density at radius 2 is 1.79 bits per heavy atom. The van der Waals surface area contributed by atoms with Gasteiger partial charge < -0.3 is 9.15 Å². The lowest BCUT2D eigenvalue weighted by Crippen LogP contribution is -2.06. The first-order chi connectivity index (χ1) is 13.9. The topological polar surface area (TPSA) is 94.9 Å². The highest BCUT2D eigenvalue weighted by atomic mass is 79.9. The molecule has 0 radical (unpaired) electrons. The van der Waals surface area contributed by atoms with Gasteiger partial charge in [0, 0.05) is 33.3 Å². The Morgan fingerprint density at radius 3 is 2.52 bits per heavy atom. The molecule has 2 aromatic carbocycles. The van der Waals surface area contributed by atoms with E-state index in [2.05, 4.69) is 20.9 Å². The molecule has 0 saturated carbocycles. The lowest BCUT2D eigenvalue weighted by atomic mass is 10.1. The Bertz CT molecular complexity index is 1190. The summed E-state index contributed by atoms with van der Waals surface area (Å²) < 4.78 is 11.9. The molecule has 2 heterocycles. The highest BCUT2D eigenvalue weighted by Crippen LogP contribution is 2.27. The summed E-state index contributed by atoms with van der Waals surface area (Å²) >= 11 is 3.39. The molecule has 3 aromatic rings. The highest BCUT2D eigenvalue weighted by molar-refractivity contribution is 9.10. The van der Waals surface area contributed by atoms with Gasteiger partial charge in [-0.05, 0) is 37.3 Å². The molecule has 8 heteroatoms. The van der Waals surface area contributed by atoms with Crippen molar-refractivity contribution in [2.75, 3.05) is 0 Å². The number of carbonyl (C=O) groups is 1. The fourth-order valence-electron chi connectivity index (χ4n) is 2.81. The van der Waals surface area contributed by atoms with Gasteiger partial charge in [-0.15, -0.1) is 0 Å². The van der Waals surface area contributed by atoms with E-state index in [1.807, 2.05) is 24.3 Å². The predicted octanol–water partition coefficient (Wildman–Crippen LogP) is 5.27. The monoisotopic (exact) mass is 452 g/mol. The number of rotatable bonds is 4. The van der Waals surface area contributed by atoms with E-state index in [0.29, 0.717) is 22.6 Å². The number of furan rings is 1. The standard InChI is InChI=1S/C21H13BrN2O5/c1-12-2-3-14(10-18(12)24(26)27)20-23-17(21(25)29-20)11-16-8-9-19(28-16)13-4-6-15(22)7-5-13/h2-11H,1H3/b17-11-. The van der Waals surface area contributed by atoms with E-state index < -0.39 is 10.9 Å². The Labute approximate surface area is 173 Å². The average Bonchev–Trinajstić information content (AvgIpc) is 3.30. The Morgan fingerprint density at radius 1 is 1.07 bits per heavy atom. The van der Waals surface area contributed by atoms with Crippen LogP contribution in [0.15, 0.2) is 74.2 Å². The third kappa shape index (κ3) is 3.88. The van der Waals surface area contributed by atoms with Crippen molar-refractivity contribution in [3.05, 3.63) is 91.8 Å². The molecule has 0 bridgehead atoms. The molecule has 0 unspecified atom stereocenters. The second-order valence-corrected chi connectivity index (χ2v) is 7.22. The fourth-order valence-corrected chi connectivity index (χ4v) is 3.07. The van der Waals surface area contributed by atoms with Crippen molar-refractivity contribution in [3.63, 3.8) is 0 Å². The first-order valence-electron chi connectivity index (χ1n) is 8.54. The van der Waals surface area contributed by atoms with E-state index in [9.17, 15) is 14.9 Å². The third-order valence-electron chi connectivity index (χ3n) is 4.31. The summed E-state index contributed by atoms with van der Waals surface area (Å²) in [6.45, 7) is 1.63. The van der Waals surface area contributed by atoms with Crippen molar-refractivity contribution in [1.29, 1.82) is 0 Å². The zero-order valence-electron chi connectivity index (χ0n) is 15.1. The van der Waals surface area contributed by atoms with Crippen LogP contribution in [-0.2, 0) is 9.53 Å². The molecule has 7 nitrogen and oxygen atoms in total. The van der Waals surface area contributed by atoms with Crippen LogP contribution < -0.4 is 0 Å². The maximum atomic E-state index is 12.2. The number of ether oxygens (including phenoxy) is 1. The van der Waals surface area contributed by atoms with E-state index in [-0.39, 0.29) is 17.3 Å². The molecule has 29 heavy (non-hydrogen) atoms. The molecule has 1 aromatic heterocycles. The summed E-state index contributed by atoms with van der Waals surface area (Å²) in [6, 6.07) is 15.7. The fraction of sp³-hybridized carbons (Fsp3) is 0.0476. The normalized spacial score (nSPS) is 14.8. The number of benzene rings is 2. The van der Waals surface area contributed by atoms with Gasteiger partial charge in [-0.25, -0.2) is 9.79 Å². The summed E-state index contributed by atoms with van der Waals surface area (Å²) in [4.78, 5) is 27.0. The van der Waals surface area contributed by atoms with E-state index in [1.165, 1.54) is 12.1 Å². The van der Waals surface area contributed by atoms with E-state index in [4.69, 9.17) is 9.15 Å². The quantitative estimate of drug-likeness (QED) is 0.232. The summed E-state index contributed by atoms with van der Waals surface area (Å²) in [7, 11) is 0. The Kier molecular flexibility index (Phi) is 4.85. The molecule has 4 rings (SSSR count). The second kappa shape index (κ2) is 7.48. The maximum Gasteiger partial charge on any atom is 0.363 e. The SMILES string of the molecule is Cc1ccc(C2=N/C(=C\c3ccc(-c4ccc(Br)cc4)o3)C(=O)O2)cc1[N+](=O)[O-]. The number of aliphatic imine (C=N–C) groups is 1. The molecule has 0 aliphatic carbocycles. The molecule has 0 fully saturated rings. The number of nitro groups is 1. The first kappa shape index (κ1) is 18.8. The number of cyclic esters (lactones) is 1.